The molecule has 3 aliphatic heterocycles. The van der Waals surface area contributed by atoms with Crippen molar-refractivity contribution in [3.63, 3.8) is 0 Å². The molecule has 5 atom stereocenters. The number of ether oxygens (including phenoxy) is 1. The fourth-order valence-electron chi connectivity index (χ4n) is 7.49. The predicted molar refractivity (Wildman–Crippen MR) is 168 cm³/mol. The van der Waals surface area contributed by atoms with Crippen LogP contribution in [0.5, 0.6) is 0 Å². The zero-order chi connectivity index (χ0) is 29.8. The molecule has 0 unspecified atom stereocenters. The zero-order valence-corrected chi connectivity index (χ0v) is 26.3. The van der Waals surface area contributed by atoms with Crippen LogP contribution in [0.25, 0.3) is 0 Å². The second kappa shape index (κ2) is 11.0. The highest BCUT2D eigenvalue weighted by atomic mass is 127. The van der Waals surface area contributed by atoms with E-state index in [9.17, 15) is 19.8 Å². The Morgan fingerprint density at radius 3 is 2.40 bits per heavy atom. The van der Waals surface area contributed by atoms with Crippen LogP contribution >= 0.6 is 22.6 Å². The first-order chi connectivity index (χ1) is 20.0. The summed E-state index contributed by atoms with van der Waals surface area (Å²) in [5.74, 6) is -1.21. The van der Waals surface area contributed by atoms with E-state index < -0.39 is 29.1 Å². The molecular formula is C34H37IN2O5. The minimum Gasteiger partial charge on any atom is -0.394 e. The number of para-hydroxylation sites is 1. The number of aliphatic hydroxyl groups is 2. The number of carbonyl (C=O) groups is 2. The van der Waals surface area contributed by atoms with Crippen molar-refractivity contribution in [2.45, 2.75) is 70.1 Å². The number of fused-ring (bicyclic) bond motifs is 3. The lowest BCUT2D eigenvalue weighted by molar-refractivity contribution is -0.151. The van der Waals surface area contributed by atoms with Gasteiger partial charge in [0.2, 0.25) is 5.91 Å². The van der Waals surface area contributed by atoms with E-state index in [1.54, 1.807) is 23.6 Å². The first-order valence-corrected chi connectivity index (χ1v) is 15.7. The van der Waals surface area contributed by atoms with E-state index >= 15 is 0 Å². The molecule has 0 saturated carbocycles. The molecule has 220 valence electrons. The first-order valence-electron chi connectivity index (χ1n) is 14.6. The Hall–Kier alpha value is -2.79. The van der Waals surface area contributed by atoms with Crippen molar-refractivity contribution in [3.8, 4) is 0 Å². The van der Waals surface area contributed by atoms with Gasteiger partial charge >= 0.3 is 0 Å². The van der Waals surface area contributed by atoms with Crippen molar-refractivity contribution in [1.29, 1.82) is 0 Å². The van der Waals surface area contributed by atoms with Gasteiger partial charge in [-0.25, -0.2) is 0 Å². The van der Waals surface area contributed by atoms with Crippen LogP contribution in [0.4, 0.5) is 5.69 Å². The molecule has 1 spiro atoms. The van der Waals surface area contributed by atoms with Crippen LogP contribution in [0, 0.1) is 15.4 Å². The summed E-state index contributed by atoms with van der Waals surface area (Å²) in [6.45, 7) is 6.09. The standard InChI is InChI=1S/C34H37IN2O5/c1-21-31(33(2,3)41)29(17-30(39)36-19-24-9-5-4-8-23(24)16-26(36)20-38)42-34(21)27-10-6-7-11-28(27)37(32(34)40)18-22-12-14-25(35)15-13-22/h4-15,21,26,29,31,38,41H,16-20H2,1-3H3/t21-,26+,29+,31-,34+/m1/s1. The topological polar surface area (TPSA) is 90.3 Å². The number of amides is 2. The molecule has 0 radical (unpaired) electrons. The summed E-state index contributed by atoms with van der Waals surface area (Å²) in [5.41, 5.74) is 2.25. The number of rotatable bonds is 6. The third-order valence-corrected chi connectivity index (χ3v) is 10.1. The lowest BCUT2D eigenvalue weighted by Crippen LogP contribution is -2.48. The molecule has 7 nitrogen and oxygen atoms in total. The Balaban J connectivity index is 1.33. The van der Waals surface area contributed by atoms with E-state index in [-0.39, 0.29) is 30.9 Å². The van der Waals surface area contributed by atoms with Crippen LogP contribution in [0.15, 0.2) is 72.8 Å². The van der Waals surface area contributed by atoms with E-state index in [1.807, 2.05) is 79.7 Å². The molecule has 3 aliphatic rings. The lowest BCUT2D eigenvalue weighted by Gasteiger charge is -2.38. The molecular weight excluding hydrogens is 643 g/mol. The Morgan fingerprint density at radius 2 is 1.71 bits per heavy atom. The Labute approximate surface area is 260 Å². The average molecular weight is 681 g/mol. The molecule has 1 fully saturated rings. The number of aliphatic hydroxyl groups excluding tert-OH is 1. The molecule has 2 N–H and O–H groups in total. The van der Waals surface area contributed by atoms with Crippen LogP contribution in [-0.2, 0) is 39.4 Å². The van der Waals surface area contributed by atoms with E-state index in [1.165, 1.54) is 0 Å². The third-order valence-electron chi connectivity index (χ3n) is 9.41. The molecule has 1 saturated heterocycles. The highest BCUT2D eigenvalue weighted by molar-refractivity contribution is 14.1. The molecule has 2 amide bonds. The normalized spacial score (nSPS) is 27.0. The van der Waals surface area contributed by atoms with E-state index in [4.69, 9.17) is 4.74 Å². The Morgan fingerprint density at radius 1 is 1.05 bits per heavy atom. The van der Waals surface area contributed by atoms with Gasteiger partial charge in [-0.2, -0.15) is 0 Å². The van der Waals surface area contributed by atoms with Crippen LogP contribution in [0.2, 0.25) is 0 Å². The molecule has 0 aromatic heterocycles. The Bertz CT molecular complexity index is 1500. The Kier molecular flexibility index (Phi) is 7.70. The van der Waals surface area contributed by atoms with Crippen molar-refractivity contribution in [1.82, 2.24) is 4.90 Å². The van der Waals surface area contributed by atoms with Gasteiger partial charge in [-0.15, -0.1) is 0 Å². The maximum Gasteiger partial charge on any atom is 0.264 e. The van der Waals surface area contributed by atoms with E-state index in [0.29, 0.717) is 19.5 Å². The summed E-state index contributed by atoms with van der Waals surface area (Å²) >= 11 is 2.27. The van der Waals surface area contributed by atoms with Crippen LogP contribution in [0.3, 0.4) is 0 Å². The van der Waals surface area contributed by atoms with Gasteiger partial charge in [-0.3, -0.25) is 9.59 Å². The van der Waals surface area contributed by atoms with Gasteiger partial charge < -0.3 is 24.7 Å². The maximum absolute atomic E-state index is 14.5. The summed E-state index contributed by atoms with van der Waals surface area (Å²) < 4.78 is 7.94. The second-order valence-electron chi connectivity index (χ2n) is 12.4. The molecule has 0 aliphatic carbocycles. The quantitative estimate of drug-likeness (QED) is 0.366. The number of hydrogen-bond acceptors (Lipinski definition) is 5. The highest BCUT2D eigenvalue weighted by Crippen LogP contribution is 2.58. The van der Waals surface area contributed by atoms with Crippen LogP contribution in [0.1, 0.15) is 49.4 Å². The van der Waals surface area contributed by atoms with Crippen LogP contribution in [-0.4, -0.2) is 51.3 Å². The first kappa shape index (κ1) is 29.3. The summed E-state index contributed by atoms with van der Waals surface area (Å²) in [6, 6.07) is 23.5. The van der Waals surface area contributed by atoms with Gasteiger partial charge in [0.05, 0.1) is 43.0 Å². The fraction of sp³-hybridized carbons (Fsp3) is 0.412. The fourth-order valence-corrected chi connectivity index (χ4v) is 7.85. The molecule has 8 heteroatoms. The van der Waals surface area contributed by atoms with Crippen molar-refractivity contribution in [2.75, 3.05) is 11.5 Å². The van der Waals surface area contributed by atoms with Crippen LogP contribution < -0.4 is 4.90 Å². The van der Waals surface area contributed by atoms with Gasteiger partial charge in [0.25, 0.3) is 5.91 Å². The van der Waals surface area contributed by atoms with Crippen molar-refractivity contribution in [2.24, 2.45) is 11.8 Å². The molecule has 0 bridgehead atoms. The lowest BCUT2D eigenvalue weighted by atomic mass is 9.70. The number of benzene rings is 3. The average Bonchev–Trinajstić information content (AvgIpc) is 3.39. The summed E-state index contributed by atoms with van der Waals surface area (Å²) in [5, 5.41) is 21.6. The zero-order valence-electron chi connectivity index (χ0n) is 24.2. The van der Waals surface area contributed by atoms with Gasteiger partial charge in [0, 0.05) is 27.5 Å². The smallest absolute Gasteiger partial charge is 0.264 e. The number of anilines is 1. The third kappa shape index (κ3) is 4.86. The van der Waals surface area contributed by atoms with Crippen molar-refractivity contribution >= 4 is 40.1 Å². The molecule has 3 aromatic carbocycles. The van der Waals surface area contributed by atoms with E-state index in [0.717, 1.165) is 31.5 Å². The van der Waals surface area contributed by atoms with Crippen molar-refractivity contribution in [3.05, 3.63) is 98.6 Å². The number of halogens is 1. The minimum absolute atomic E-state index is 0.00594. The van der Waals surface area contributed by atoms with E-state index in [2.05, 4.69) is 22.6 Å². The number of carbonyl (C=O) groups excluding carboxylic acids is 2. The number of nitrogens with zero attached hydrogens (tertiary/aromatic N) is 2. The molecule has 42 heavy (non-hydrogen) atoms. The largest absolute Gasteiger partial charge is 0.394 e. The minimum atomic E-state index is -1.32. The maximum atomic E-state index is 14.5. The van der Waals surface area contributed by atoms with Crippen molar-refractivity contribution < 1.29 is 24.5 Å². The number of hydrogen-bond donors (Lipinski definition) is 2. The molecule has 3 heterocycles. The SMILES string of the molecule is C[C@@H]1[C@@H](C(C)(C)O)[C@H](CC(=O)N2Cc3ccccc3C[C@H]2CO)O[C@@]12C(=O)N(Cc1ccc(I)cc1)c1ccccc12. The molecule has 3 aromatic rings. The van der Waals surface area contributed by atoms with Gasteiger partial charge in [-0.05, 0) is 77.7 Å². The summed E-state index contributed by atoms with van der Waals surface area (Å²) in [4.78, 5) is 31.9. The summed E-state index contributed by atoms with van der Waals surface area (Å²) in [7, 11) is 0. The summed E-state index contributed by atoms with van der Waals surface area (Å²) in [6.07, 6.45) is -0.107. The highest BCUT2D eigenvalue weighted by Gasteiger charge is 2.66. The monoisotopic (exact) mass is 680 g/mol. The molecule has 6 rings (SSSR count). The predicted octanol–water partition coefficient (Wildman–Crippen LogP) is 4.79. The van der Waals surface area contributed by atoms with Gasteiger partial charge in [0.15, 0.2) is 5.60 Å². The van der Waals surface area contributed by atoms with Gasteiger partial charge in [-0.1, -0.05) is 61.5 Å². The second-order valence-corrected chi connectivity index (χ2v) is 13.7. The van der Waals surface area contributed by atoms with Gasteiger partial charge in [0.1, 0.15) is 0 Å².